The van der Waals surface area contributed by atoms with Crippen LogP contribution in [0.2, 0.25) is 5.15 Å². The van der Waals surface area contributed by atoms with Crippen LogP contribution < -0.4 is 5.32 Å². The Balaban J connectivity index is 1.88. The summed E-state index contributed by atoms with van der Waals surface area (Å²) in [6, 6.07) is 11.8. The van der Waals surface area contributed by atoms with Crippen LogP contribution in [-0.4, -0.2) is 15.7 Å². The molecule has 0 fully saturated rings. The van der Waals surface area contributed by atoms with E-state index in [1.54, 1.807) is 25.1 Å². The number of nitrogens with zero attached hydrogens (tertiary/aromatic N) is 3. The fourth-order valence-corrected chi connectivity index (χ4v) is 3.21. The quantitative estimate of drug-likeness (QED) is 0.305. The maximum Gasteiger partial charge on any atom is 0.418 e. The summed E-state index contributed by atoms with van der Waals surface area (Å²) >= 11 is 6.35. The largest absolute Gasteiger partial charge is 0.418 e. The van der Waals surface area contributed by atoms with E-state index in [0.29, 0.717) is 11.3 Å². The van der Waals surface area contributed by atoms with Crippen LogP contribution in [0.4, 0.5) is 23.2 Å². The average Bonchev–Trinajstić information content (AvgIpc) is 3.00. The molecule has 2 aromatic carbocycles. The van der Waals surface area contributed by atoms with E-state index in [9.17, 15) is 27.6 Å². The molecule has 32 heavy (non-hydrogen) atoms. The van der Waals surface area contributed by atoms with Gasteiger partial charge in [-0.05, 0) is 42.8 Å². The second-order valence-electron chi connectivity index (χ2n) is 6.74. The molecule has 0 saturated carbocycles. The Kier molecular flexibility index (Phi) is 6.65. The maximum absolute atomic E-state index is 13.2. The van der Waals surface area contributed by atoms with E-state index < -0.39 is 34.7 Å². The molecule has 1 N–H and O–H groups in total. The number of nitrogens with one attached hydrogen (secondary N) is 1. The molecule has 0 aliphatic heterocycles. The van der Waals surface area contributed by atoms with E-state index in [2.05, 4.69) is 10.4 Å². The Morgan fingerprint density at radius 2 is 1.88 bits per heavy atom. The van der Waals surface area contributed by atoms with Gasteiger partial charge in [-0.2, -0.15) is 23.5 Å². The topological polar surface area (TPSA) is 70.7 Å². The Morgan fingerprint density at radius 1 is 1.22 bits per heavy atom. The van der Waals surface area contributed by atoms with Crippen molar-refractivity contribution in [2.45, 2.75) is 19.6 Å². The standard InChI is InChI=1S/C22H15ClF4N4O/c1-13-17(20(23)31(30-13)12-14-6-8-16(24)9-7-14)10-15(11-28)21(32)29-19-5-3-2-4-18(19)22(25,26)27/h2-10H,12H2,1H3,(H,29,32)/b15-10+. The molecule has 3 aromatic rings. The molecule has 5 nitrogen and oxygen atoms in total. The van der Waals surface area contributed by atoms with Crippen LogP contribution in [-0.2, 0) is 17.5 Å². The second-order valence-corrected chi connectivity index (χ2v) is 7.10. The lowest BCUT2D eigenvalue weighted by Gasteiger charge is -2.13. The van der Waals surface area contributed by atoms with E-state index in [0.717, 1.165) is 18.2 Å². The normalized spacial score (nSPS) is 11.8. The number of hydrogen-bond donors (Lipinski definition) is 1. The van der Waals surface area contributed by atoms with Crippen LogP contribution in [0.3, 0.4) is 0 Å². The molecule has 0 bridgehead atoms. The number of carbonyl (C=O) groups excluding carboxylic acids is 1. The smallest absolute Gasteiger partial charge is 0.321 e. The van der Waals surface area contributed by atoms with Gasteiger partial charge in [0.1, 0.15) is 22.6 Å². The number of alkyl halides is 3. The number of hydrogen-bond acceptors (Lipinski definition) is 3. The van der Waals surface area contributed by atoms with Gasteiger partial charge in [-0.25, -0.2) is 9.07 Å². The number of rotatable bonds is 5. The summed E-state index contributed by atoms with van der Waals surface area (Å²) in [6.45, 7) is 1.81. The summed E-state index contributed by atoms with van der Waals surface area (Å²) in [6.07, 6.45) is -3.51. The zero-order valence-corrected chi connectivity index (χ0v) is 17.3. The van der Waals surface area contributed by atoms with Gasteiger partial charge in [0.2, 0.25) is 0 Å². The van der Waals surface area contributed by atoms with Crippen molar-refractivity contribution in [1.82, 2.24) is 9.78 Å². The Bertz CT molecular complexity index is 1220. The van der Waals surface area contributed by atoms with Gasteiger partial charge in [-0.3, -0.25) is 4.79 Å². The zero-order valence-electron chi connectivity index (χ0n) is 16.5. The summed E-state index contributed by atoms with van der Waals surface area (Å²) in [5, 5.41) is 15.9. The van der Waals surface area contributed by atoms with E-state index in [1.165, 1.54) is 28.9 Å². The summed E-state index contributed by atoms with van der Waals surface area (Å²) in [5.41, 5.74) is -0.576. The second kappa shape index (κ2) is 9.24. The molecule has 0 atom stereocenters. The van der Waals surface area contributed by atoms with Crippen molar-refractivity contribution in [2.24, 2.45) is 0 Å². The molecule has 0 spiro atoms. The van der Waals surface area contributed by atoms with Gasteiger partial charge < -0.3 is 5.32 Å². The molecule has 0 aliphatic rings. The van der Waals surface area contributed by atoms with Gasteiger partial charge in [-0.15, -0.1) is 0 Å². The van der Waals surface area contributed by atoms with Gasteiger partial charge in [0.15, 0.2) is 0 Å². The van der Waals surface area contributed by atoms with Crippen molar-refractivity contribution in [3.63, 3.8) is 0 Å². The van der Waals surface area contributed by atoms with Crippen LogP contribution in [0, 0.1) is 24.1 Å². The third-order valence-corrected chi connectivity index (χ3v) is 4.89. The lowest BCUT2D eigenvalue weighted by molar-refractivity contribution is -0.137. The average molecular weight is 463 g/mol. The maximum atomic E-state index is 13.2. The molecule has 164 valence electrons. The highest BCUT2D eigenvalue weighted by atomic mass is 35.5. The number of halogens is 5. The fourth-order valence-electron chi connectivity index (χ4n) is 2.92. The van der Waals surface area contributed by atoms with Crippen LogP contribution in [0.1, 0.15) is 22.4 Å². The van der Waals surface area contributed by atoms with Gasteiger partial charge in [0.05, 0.1) is 23.5 Å². The van der Waals surface area contributed by atoms with Crippen LogP contribution in [0.25, 0.3) is 6.08 Å². The van der Waals surface area contributed by atoms with Crippen molar-refractivity contribution in [3.05, 3.63) is 87.5 Å². The summed E-state index contributed by atoms with van der Waals surface area (Å²) in [5.74, 6) is -1.41. The molecular formula is C22H15ClF4N4O. The number of anilines is 1. The first kappa shape index (κ1) is 23.0. The Morgan fingerprint density at radius 3 is 2.50 bits per heavy atom. The Hall–Kier alpha value is -3.64. The lowest BCUT2D eigenvalue weighted by atomic mass is 10.1. The molecule has 10 heteroatoms. The van der Waals surface area contributed by atoms with Crippen molar-refractivity contribution >= 4 is 29.3 Å². The molecule has 3 rings (SSSR count). The molecule has 0 unspecified atom stereocenters. The summed E-state index contributed by atoms with van der Waals surface area (Å²) < 4.78 is 54.0. The van der Waals surface area contributed by atoms with Gasteiger partial charge in [0.25, 0.3) is 5.91 Å². The minimum Gasteiger partial charge on any atom is -0.321 e. The monoisotopic (exact) mass is 462 g/mol. The van der Waals surface area contributed by atoms with Crippen molar-refractivity contribution in [3.8, 4) is 6.07 Å². The number of carbonyl (C=O) groups is 1. The van der Waals surface area contributed by atoms with Crippen molar-refractivity contribution in [1.29, 1.82) is 5.26 Å². The molecule has 0 saturated heterocycles. The zero-order chi connectivity index (χ0) is 23.5. The third kappa shape index (κ3) is 5.15. The summed E-state index contributed by atoms with van der Waals surface area (Å²) in [4.78, 5) is 12.5. The molecule has 0 aliphatic carbocycles. The van der Waals surface area contributed by atoms with Crippen molar-refractivity contribution < 1.29 is 22.4 Å². The minimum absolute atomic E-state index is 0.114. The number of aromatic nitrogens is 2. The van der Waals surface area contributed by atoms with E-state index in [-0.39, 0.29) is 17.3 Å². The molecule has 0 radical (unpaired) electrons. The highest BCUT2D eigenvalue weighted by Gasteiger charge is 2.33. The van der Waals surface area contributed by atoms with Gasteiger partial charge in [0, 0.05) is 5.56 Å². The van der Waals surface area contributed by atoms with Crippen molar-refractivity contribution in [2.75, 3.05) is 5.32 Å². The number of amides is 1. The molecule has 1 heterocycles. The van der Waals surface area contributed by atoms with Crippen LogP contribution in [0.5, 0.6) is 0 Å². The lowest BCUT2D eigenvalue weighted by Crippen LogP contribution is -2.17. The summed E-state index contributed by atoms with van der Waals surface area (Å²) in [7, 11) is 0. The highest BCUT2D eigenvalue weighted by molar-refractivity contribution is 6.31. The van der Waals surface area contributed by atoms with Gasteiger partial charge in [-0.1, -0.05) is 35.9 Å². The highest BCUT2D eigenvalue weighted by Crippen LogP contribution is 2.34. The molecule has 1 aromatic heterocycles. The first-order valence-corrected chi connectivity index (χ1v) is 9.54. The number of benzene rings is 2. The van der Waals surface area contributed by atoms with Gasteiger partial charge >= 0.3 is 6.18 Å². The SMILES string of the molecule is Cc1nn(Cc2ccc(F)cc2)c(Cl)c1/C=C(\C#N)C(=O)Nc1ccccc1C(F)(F)F. The van der Waals surface area contributed by atoms with E-state index in [1.807, 2.05) is 0 Å². The minimum atomic E-state index is -4.68. The first-order chi connectivity index (χ1) is 15.1. The predicted molar refractivity (Wildman–Crippen MR) is 111 cm³/mol. The molecule has 1 amide bonds. The third-order valence-electron chi connectivity index (χ3n) is 4.49. The molecular weight excluding hydrogens is 448 g/mol. The predicted octanol–water partition coefficient (Wildman–Crippen LogP) is 5.60. The fraction of sp³-hybridized carbons (Fsp3) is 0.136. The van der Waals surface area contributed by atoms with E-state index in [4.69, 9.17) is 11.6 Å². The van der Waals surface area contributed by atoms with Crippen LogP contribution >= 0.6 is 11.6 Å². The number of para-hydroxylation sites is 1. The van der Waals surface area contributed by atoms with E-state index >= 15 is 0 Å². The number of nitriles is 1. The van der Waals surface area contributed by atoms with Crippen LogP contribution in [0.15, 0.2) is 54.1 Å². The first-order valence-electron chi connectivity index (χ1n) is 9.17. The number of aryl methyl sites for hydroxylation is 1. The Labute approximate surface area is 185 Å².